The van der Waals surface area contributed by atoms with Crippen LogP contribution in [0.25, 0.3) is 0 Å². The molecule has 1 N–H and O–H groups in total. The topological polar surface area (TPSA) is 32.3 Å². The molecule has 1 atom stereocenters. The van der Waals surface area contributed by atoms with Gasteiger partial charge in [-0.3, -0.25) is 4.79 Å². The van der Waals surface area contributed by atoms with Crippen LogP contribution in [0.4, 0.5) is 8.78 Å². The smallest absolute Gasteiger partial charge is 0.288 e. The lowest BCUT2D eigenvalue weighted by atomic mass is 9.68. The second kappa shape index (κ2) is 9.05. The lowest BCUT2D eigenvalue weighted by Crippen LogP contribution is -2.54. The Morgan fingerprint density at radius 3 is 2.32 bits per heavy atom. The van der Waals surface area contributed by atoms with Crippen molar-refractivity contribution in [1.82, 2.24) is 10.2 Å². The molecule has 0 radical (unpaired) electrons. The third-order valence-corrected chi connectivity index (χ3v) is 6.54. The number of halogens is 2. The van der Waals surface area contributed by atoms with E-state index in [9.17, 15) is 13.6 Å². The number of carbonyl (C=O) groups is 1. The minimum absolute atomic E-state index is 0.124. The number of likely N-dealkylation sites (tertiary alicyclic amines) is 1. The maximum absolute atomic E-state index is 13.0. The van der Waals surface area contributed by atoms with Gasteiger partial charge in [-0.15, -0.1) is 0 Å². The molecule has 0 bridgehead atoms. The van der Waals surface area contributed by atoms with Crippen molar-refractivity contribution in [3.05, 3.63) is 65.7 Å². The maximum atomic E-state index is 13.0. The van der Waals surface area contributed by atoms with E-state index in [-0.39, 0.29) is 17.4 Å². The molecule has 1 fully saturated rings. The van der Waals surface area contributed by atoms with E-state index in [1.165, 1.54) is 5.56 Å². The van der Waals surface area contributed by atoms with Crippen molar-refractivity contribution < 1.29 is 13.6 Å². The van der Waals surface area contributed by atoms with Crippen molar-refractivity contribution in [3.63, 3.8) is 0 Å². The molecular weight excluding hydrogens is 378 g/mol. The number of hydrogen-bond acceptors (Lipinski definition) is 3. The minimum atomic E-state index is -2.56. The van der Waals surface area contributed by atoms with Gasteiger partial charge in [0, 0.05) is 16.4 Å². The molecule has 2 aromatic rings. The molecule has 0 aromatic heterocycles. The van der Waals surface area contributed by atoms with Crippen LogP contribution in [-0.2, 0) is 5.41 Å². The molecule has 3 nitrogen and oxygen atoms in total. The molecule has 0 unspecified atom stereocenters. The van der Waals surface area contributed by atoms with Crippen LogP contribution in [0.3, 0.4) is 0 Å². The molecule has 1 aliphatic rings. The van der Waals surface area contributed by atoms with Gasteiger partial charge in [-0.25, -0.2) is 0 Å². The quantitative estimate of drug-likeness (QED) is 0.703. The first-order valence-electron chi connectivity index (χ1n) is 9.51. The second-order valence-electron chi connectivity index (χ2n) is 7.40. The Kier molecular flexibility index (Phi) is 6.73. The van der Waals surface area contributed by atoms with Crippen LogP contribution in [0.1, 0.15) is 35.7 Å². The van der Waals surface area contributed by atoms with Crippen molar-refractivity contribution in [3.8, 4) is 0 Å². The second-order valence-corrected chi connectivity index (χ2v) is 8.43. The summed E-state index contributed by atoms with van der Waals surface area (Å²) in [4.78, 5) is 15.6. The van der Waals surface area contributed by atoms with Crippen LogP contribution in [0.5, 0.6) is 0 Å². The van der Waals surface area contributed by atoms with E-state index in [4.69, 9.17) is 0 Å². The number of thioether (sulfide) groups is 1. The molecule has 28 heavy (non-hydrogen) atoms. The summed E-state index contributed by atoms with van der Waals surface area (Å²) >= 11 is 0.411. The van der Waals surface area contributed by atoms with Gasteiger partial charge >= 0.3 is 0 Å². The van der Waals surface area contributed by atoms with Gasteiger partial charge in [0.2, 0.25) is 0 Å². The summed E-state index contributed by atoms with van der Waals surface area (Å²) in [5.41, 5.74) is 1.34. The predicted octanol–water partition coefficient (Wildman–Crippen LogP) is 4.78. The zero-order valence-electron chi connectivity index (χ0n) is 16.2. The molecule has 0 aliphatic carbocycles. The number of alkyl halides is 2. The first kappa shape index (κ1) is 20.8. The number of nitrogens with one attached hydrogen (secondary N) is 1. The van der Waals surface area contributed by atoms with E-state index >= 15 is 0 Å². The number of hydrogen-bond donors (Lipinski definition) is 1. The average molecular weight is 405 g/mol. The highest BCUT2D eigenvalue weighted by molar-refractivity contribution is 7.99. The van der Waals surface area contributed by atoms with Crippen molar-refractivity contribution in [2.24, 2.45) is 0 Å². The van der Waals surface area contributed by atoms with Crippen LogP contribution < -0.4 is 5.32 Å². The molecule has 0 spiro atoms. The van der Waals surface area contributed by atoms with Gasteiger partial charge in [0.1, 0.15) is 0 Å². The van der Waals surface area contributed by atoms with Crippen LogP contribution in [0, 0.1) is 0 Å². The zero-order valence-corrected chi connectivity index (χ0v) is 17.0. The maximum Gasteiger partial charge on any atom is 0.288 e. The van der Waals surface area contributed by atoms with Crippen molar-refractivity contribution in [2.75, 3.05) is 20.1 Å². The molecule has 1 heterocycles. The van der Waals surface area contributed by atoms with Crippen molar-refractivity contribution >= 4 is 17.7 Å². The number of amides is 1. The molecule has 3 rings (SSSR count). The monoisotopic (exact) mass is 404 g/mol. The van der Waals surface area contributed by atoms with E-state index in [1.807, 2.05) is 25.1 Å². The zero-order chi connectivity index (χ0) is 20.1. The lowest BCUT2D eigenvalue weighted by molar-refractivity contribution is 0.0879. The number of piperidine rings is 1. The Labute approximate surface area is 169 Å². The van der Waals surface area contributed by atoms with E-state index in [2.05, 4.69) is 29.4 Å². The summed E-state index contributed by atoms with van der Waals surface area (Å²) in [5, 5.41) is 3.12. The summed E-state index contributed by atoms with van der Waals surface area (Å²) < 4.78 is 25.7. The Hall–Kier alpha value is -1.92. The number of rotatable bonds is 6. The van der Waals surface area contributed by atoms with E-state index < -0.39 is 5.76 Å². The Morgan fingerprint density at radius 1 is 1.07 bits per heavy atom. The van der Waals surface area contributed by atoms with Gasteiger partial charge in [-0.1, -0.05) is 54.2 Å². The summed E-state index contributed by atoms with van der Waals surface area (Å²) in [6, 6.07) is 16.7. The molecule has 150 valence electrons. The molecule has 1 saturated heterocycles. The van der Waals surface area contributed by atoms with Gasteiger partial charge < -0.3 is 10.2 Å². The fourth-order valence-corrected chi connectivity index (χ4v) is 4.66. The normalized spacial score (nSPS) is 18.0. The van der Waals surface area contributed by atoms with Crippen LogP contribution in [0.15, 0.2) is 59.5 Å². The number of benzene rings is 2. The molecule has 1 aliphatic heterocycles. The third kappa shape index (κ3) is 4.55. The average Bonchev–Trinajstić information content (AvgIpc) is 2.69. The number of nitrogens with zero attached hydrogens (tertiary/aromatic N) is 1. The van der Waals surface area contributed by atoms with Gasteiger partial charge in [-0.2, -0.15) is 8.78 Å². The highest BCUT2D eigenvalue weighted by Gasteiger charge is 2.41. The first-order chi connectivity index (χ1) is 13.4. The third-order valence-electron chi connectivity index (χ3n) is 5.75. The van der Waals surface area contributed by atoms with Crippen molar-refractivity contribution in [1.29, 1.82) is 0 Å². The fourth-order valence-electron chi connectivity index (χ4n) is 4.02. The first-order valence-corrected chi connectivity index (χ1v) is 10.4. The summed E-state index contributed by atoms with van der Waals surface area (Å²) in [6.07, 6.45) is 1.87. The van der Waals surface area contributed by atoms with Gasteiger partial charge in [-0.05, 0) is 57.6 Å². The summed E-state index contributed by atoms with van der Waals surface area (Å²) in [7, 11) is 2.11. The fraction of sp³-hybridized carbons (Fsp3) is 0.409. The predicted molar refractivity (Wildman–Crippen MR) is 110 cm³/mol. The summed E-state index contributed by atoms with van der Waals surface area (Å²) in [6.45, 7) is 3.93. The van der Waals surface area contributed by atoms with Crippen molar-refractivity contribution in [2.45, 2.75) is 41.9 Å². The van der Waals surface area contributed by atoms with E-state index in [1.54, 1.807) is 24.3 Å². The number of carbonyl (C=O) groups excluding carboxylic acids is 1. The van der Waals surface area contributed by atoms with E-state index in [0.29, 0.717) is 22.2 Å². The lowest BCUT2D eigenvalue weighted by Gasteiger charge is -2.45. The molecule has 2 aromatic carbocycles. The molecule has 1 amide bonds. The van der Waals surface area contributed by atoms with E-state index in [0.717, 1.165) is 25.9 Å². The molecule has 0 saturated carbocycles. The standard InChI is InChI=1S/C22H26F2N2OS/c1-16(25-20(27)18-10-6-7-11-19(18)28-21(23)24)22(12-14-26(2)15-13-22)17-8-4-3-5-9-17/h3-11,16,21H,12-15H2,1-2H3,(H,25,27)/t16-/m0/s1. The Balaban J connectivity index is 1.85. The highest BCUT2D eigenvalue weighted by Crippen LogP contribution is 2.38. The van der Waals surface area contributed by atoms with Gasteiger partial charge in [0.05, 0.1) is 5.56 Å². The SMILES string of the molecule is C[C@H](NC(=O)c1ccccc1SC(F)F)C1(c2ccccc2)CCN(C)CC1. The molecular formula is C22H26F2N2OS. The minimum Gasteiger partial charge on any atom is -0.349 e. The van der Waals surface area contributed by atoms with Crippen LogP contribution in [-0.4, -0.2) is 42.7 Å². The summed E-state index contributed by atoms with van der Waals surface area (Å²) in [5.74, 6) is -2.86. The Bertz CT molecular complexity index is 792. The van der Waals surface area contributed by atoms with Gasteiger partial charge in [0.15, 0.2) is 0 Å². The van der Waals surface area contributed by atoms with Crippen LogP contribution >= 0.6 is 11.8 Å². The Morgan fingerprint density at radius 2 is 1.68 bits per heavy atom. The van der Waals surface area contributed by atoms with Crippen LogP contribution in [0.2, 0.25) is 0 Å². The van der Waals surface area contributed by atoms with Gasteiger partial charge in [0.25, 0.3) is 11.7 Å². The highest BCUT2D eigenvalue weighted by atomic mass is 32.2. The molecule has 6 heteroatoms. The largest absolute Gasteiger partial charge is 0.349 e.